The molecule has 0 aliphatic carbocycles. The standard InChI is InChI=1S/C22H24N4O/c1-18-11-12-26(23-18)17-22(27)25-15-13-24(14-16-25)21-10-6-5-9-20(21)19-7-3-2-4-8-19/h2-12H,13-17H2,1H3. The van der Waals surface area contributed by atoms with Crippen molar-refractivity contribution in [3.8, 4) is 11.1 Å². The van der Waals surface area contributed by atoms with Gasteiger partial charge in [-0.1, -0.05) is 48.5 Å². The number of anilines is 1. The molecule has 2 heterocycles. The lowest BCUT2D eigenvalue weighted by Gasteiger charge is -2.37. The molecule has 0 N–H and O–H groups in total. The number of nitrogens with zero attached hydrogens (tertiary/aromatic N) is 4. The summed E-state index contributed by atoms with van der Waals surface area (Å²) in [4.78, 5) is 16.9. The second kappa shape index (κ2) is 7.66. The molecular weight excluding hydrogens is 336 g/mol. The summed E-state index contributed by atoms with van der Waals surface area (Å²) in [6, 6.07) is 20.9. The maximum Gasteiger partial charge on any atom is 0.244 e. The van der Waals surface area contributed by atoms with Gasteiger partial charge >= 0.3 is 0 Å². The first-order valence-electron chi connectivity index (χ1n) is 9.38. The average molecular weight is 360 g/mol. The Bertz CT molecular complexity index is 911. The Morgan fingerprint density at radius 3 is 2.33 bits per heavy atom. The van der Waals surface area contributed by atoms with E-state index in [9.17, 15) is 4.79 Å². The third-order valence-electron chi connectivity index (χ3n) is 5.03. The van der Waals surface area contributed by atoms with Crippen LogP contribution >= 0.6 is 0 Å². The molecule has 5 heteroatoms. The molecule has 2 aromatic carbocycles. The zero-order chi connectivity index (χ0) is 18.6. The van der Waals surface area contributed by atoms with Crippen molar-refractivity contribution in [1.29, 1.82) is 0 Å². The zero-order valence-corrected chi connectivity index (χ0v) is 15.6. The highest BCUT2D eigenvalue weighted by Gasteiger charge is 2.23. The smallest absolute Gasteiger partial charge is 0.244 e. The van der Waals surface area contributed by atoms with Crippen molar-refractivity contribution in [2.24, 2.45) is 0 Å². The van der Waals surface area contributed by atoms with E-state index < -0.39 is 0 Å². The highest BCUT2D eigenvalue weighted by Crippen LogP contribution is 2.31. The summed E-state index contributed by atoms with van der Waals surface area (Å²) in [5, 5.41) is 4.31. The number of hydrogen-bond acceptors (Lipinski definition) is 3. The highest BCUT2D eigenvalue weighted by molar-refractivity contribution is 5.79. The van der Waals surface area contributed by atoms with E-state index in [2.05, 4.69) is 58.5 Å². The third-order valence-corrected chi connectivity index (χ3v) is 5.03. The van der Waals surface area contributed by atoms with Gasteiger partial charge in [0.05, 0.1) is 5.69 Å². The summed E-state index contributed by atoms with van der Waals surface area (Å²) >= 11 is 0. The summed E-state index contributed by atoms with van der Waals surface area (Å²) in [5.41, 5.74) is 4.63. The molecule has 4 rings (SSSR count). The van der Waals surface area contributed by atoms with Crippen LogP contribution in [-0.4, -0.2) is 46.8 Å². The Morgan fingerprint density at radius 2 is 1.63 bits per heavy atom. The van der Waals surface area contributed by atoms with Crippen molar-refractivity contribution in [2.45, 2.75) is 13.5 Å². The van der Waals surface area contributed by atoms with E-state index in [0.29, 0.717) is 6.54 Å². The molecule has 0 unspecified atom stereocenters. The van der Waals surface area contributed by atoms with E-state index in [0.717, 1.165) is 31.9 Å². The maximum absolute atomic E-state index is 12.6. The number of piperazine rings is 1. The molecule has 138 valence electrons. The summed E-state index contributed by atoms with van der Waals surface area (Å²) in [6.45, 7) is 5.41. The Morgan fingerprint density at radius 1 is 0.926 bits per heavy atom. The number of aryl methyl sites for hydroxylation is 1. The number of carbonyl (C=O) groups is 1. The van der Waals surface area contributed by atoms with Crippen LogP contribution in [0.25, 0.3) is 11.1 Å². The SMILES string of the molecule is Cc1ccn(CC(=O)N2CCN(c3ccccc3-c3ccccc3)CC2)n1. The van der Waals surface area contributed by atoms with Gasteiger partial charge < -0.3 is 9.80 Å². The number of carbonyl (C=O) groups excluding carboxylic acids is 1. The van der Waals surface area contributed by atoms with Crippen LogP contribution in [0.4, 0.5) is 5.69 Å². The van der Waals surface area contributed by atoms with E-state index in [1.54, 1.807) is 4.68 Å². The zero-order valence-electron chi connectivity index (χ0n) is 15.6. The van der Waals surface area contributed by atoms with Gasteiger partial charge in [-0.25, -0.2) is 0 Å². The van der Waals surface area contributed by atoms with Crippen molar-refractivity contribution in [3.05, 3.63) is 72.6 Å². The molecule has 1 aliphatic heterocycles. The first-order valence-corrected chi connectivity index (χ1v) is 9.38. The van der Waals surface area contributed by atoms with Crippen molar-refractivity contribution < 1.29 is 4.79 Å². The minimum absolute atomic E-state index is 0.133. The van der Waals surface area contributed by atoms with Gasteiger partial charge in [-0.15, -0.1) is 0 Å². The van der Waals surface area contributed by atoms with Gasteiger partial charge in [0.1, 0.15) is 6.54 Å². The van der Waals surface area contributed by atoms with E-state index in [4.69, 9.17) is 0 Å². The van der Waals surface area contributed by atoms with Gasteiger partial charge in [0, 0.05) is 43.6 Å². The molecular formula is C22H24N4O. The normalized spacial score (nSPS) is 14.4. The number of aromatic nitrogens is 2. The molecule has 1 fully saturated rings. The van der Waals surface area contributed by atoms with Crippen molar-refractivity contribution in [2.75, 3.05) is 31.1 Å². The Labute approximate surface area is 159 Å². The largest absolute Gasteiger partial charge is 0.367 e. The van der Waals surface area contributed by atoms with Gasteiger partial charge in [-0.2, -0.15) is 5.10 Å². The van der Waals surface area contributed by atoms with E-state index in [1.165, 1.54) is 16.8 Å². The molecule has 5 nitrogen and oxygen atoms in total. The minimum atomic E-state index is 0.133. The highest BCUT2D eigenvalue weighted by atomic mass is 16.2. The summed E-state index contributed by atoms with van der Waals surface area (Å²) < 4.78 is 1.72. The lowest BCUT2D eigenvalue weighted by atomic mass is 10.0. The van der Waals surface area contributed by atoms with Crippen LogP contribution in [0, 0.1) is 6.92 Å². The molecule has 0 bridgehead atoms. The first-order chi connectivity index (χ1) is 13.2. The minimum Gasteiger partial charge on any atom is -0.367 e. The number of benzene rings is 2. The molecule has 27 heavy (non-hydrogen) atoms. The second-order valence-electron chi connectivity index (χ2n) is 6.91. The Balaban J connectivity index is 1.43. The van der Waals surface area contributed by atoms with Crippen LogP contribution in [0.2, 0.25) is 0 Å². The van der Waals surface area contributed by atoms with E-state index in [-0.39, 0.29) is 5.91 Å². The quantitative estimate of drug-likeness (QED) is 0.717. The molecule has 0 spiro atoms. The molecule has 0 radical (unpaired) electrons. The maximum atomic E-state index is 12.6. The van der Waals surface area contributed by atoms with Gasteiger partial charge in [-0.3, -0.25) is 9.48 Å². The lowest BCUT2D eigenvalue weighted by molar-refractivity contribution is -0.132. The number of amides is 1. The average Bonchev–Trinajstić information content (AvgIpc) is 3.13. The molecule has 1 aromatic heterocycles. The summed E-state index contributed by atoms with van der Waals surface area (Å²) in [5.74, 6) is 0.133. The molecule has 0 atom stereocenters. The number of rotatable bonds is 4. The van der Waals surface area contributed by atoms with Crippen LogP contribution in [0.1, 0.15) is 5.69 Å². The van der Waals surface area contributed by atoms with Crippen LogP contribution in [0.15, 0.2) is 66.9 Å². The first kappa shape index (κ1) is 17.3. The van der Waals surface area contributed by atoms with E-state index in [1.807, 2.05) is 30.2 Å². The molecule has 0 saturated carbocycles. The predicted octanol–water partition coefficient (Wildman–Crippen LogP) is 3.21. The van der Waals surface area contributed by atoms with Crippen LogP contribution < -0.4 is 4.90 Å². The van der Waals surface area contributed by atoms with Crippen molar-refractivity contribution in [1.82, 2.24) is 14.7 Å². The Hall–Kier alpha value is -3.08. The molecule has 1 aliphatic rings. The topological polar surface area (TPSA) is 41.4 Å². The van der Waals surface area contributed by atoms with Gasteiger partial charge in [0.15, 0.2) is 0 Å². The second-order valence-corrected chi connectivity index (χ2v) is 6.91. The van der Waals surface area contributed by atoms with Crippen molar-refractivity contribution in [3.63, 3.8) is 0 Å². The summed E-state index contributed by atoms with van der Waals surface area (Å²) in [7, 11) is 0. The third kappa shape index (κ3) is 3.87. The Kier molecular flexibility index (Phi) is 4.92. The van der Waals surface area contributed by atoms with Crippen LogP contribution in [0.5, 0.6) is 0 Å². The van der Waals surface area contributed by atoms with Crippen molar-refractivity contribution >= 4 is 11.6 Å². The predicted molar refractivity (Wildman–Crippen MR) is 108 cm³/mol. The number of para-hydroxylation sites is 1. The van der Waals surface area contributed by atoms with Gasteiger partial charge in [0.2, 0.25) is 5.91 Å². The number of hydrogen-bond donors (Lipinski definition) is 0. The molecule has 1 amide bonds. The van der Waals surface area contributed by atoms with Gasteiger partial charge in [-0.05, 0) is 24.6 Å². The molecule has 1 saturated heterocycles. The van der Waals surface area contributed by atoms with Crippen LogP contribution in [-0.2, 0) is 11.3 Å². The van der Waals surface area contributed by atoms with E-state index >= 15 is 0 Å². The van der Waals surface area contributed by atoms with Crippen LogP contribution in [0.3, 0.4) is 0 Å². The van der Waals surface area contributed by atoms with Gasteiger partial charge in [0.25, 0.3) is 0 Å². The lowest BCUT2D eigenvalue weighted by Crippen LogP contribution is -2.49. The molecule has 3 aromatic rings. The fourth-order valence-electron chi connectivity index (χ4n) is 3.60. The fraction of sp³-hybridized carbons (Fsp3) is 0.273. The fourth-order valence-corrected chi connectivity index (χ4v) is 3.60. The summed E-state index contributed by atoms with van der Waals surface area (Å²) in [6.07, 6.45) is 1.86. The monoisotopic (exact) mass is 360 g/mol.